The van der Waals surface area contributed by atoms with Crippen LogP contribution in [0.15, 0.2) is 53.1 Å². The van der Waals surface area contributed by atoms with Gasteiger partial charge in [0.25, 0.3) is 5.89 Å². The molecule has 8 heteroatoms. The summed E-state index contributed by atoms with van der Waals surface area (Å²) in [5.41, 5.74) is 9.28. The highest BCUT2D eigenvalue weighted by atomic mass is 16.5. The normalized spacial score (nSPS) is 10.8. The van der Waals surface area contributed by atoms with E-state index in [0.717, 1.165) is 22.6 Å². The molecule has 0 saturated carbocycles. The molecule has 2 N–H and O–H groups in total. The number of nitrogen functional groups attached to an aromatic ring is 1. The van der Waals surface area contributed by atoms with Crippen molar-refractivity contribution in [1.82, 2.24) is 25.1 Å². The summed E-state index contributed by atoms with van der Waals surface area (Å²) >= 11 is 0. The van der Waals surface area contributed by atoms with E-state index in [0.29, 0.717) is 17.3 Å². The van der Waals surface area contributed by atoms with Crippen LogP contribution < -0.4 is 10.5 Å². The molecule has 0 aliphatic carbocycles. The van der Waals surface area contributed by atoms with Crippen LogP contribution in [0.4, 0.5) is 5.82 Å². The maximum Gasteiger partial charge on any atom is 0.282 e. The highest BCUT2D eigenvalue weighted by molar-refractivity contribution is 5.66. The predicted molar refractivity (Wildman–Crippen MR) is 95.8 cm³/mol. The second-order valence-electron chi connectivity index (χ2n) is 5.72. The van der Waals surface area contributed by atoms with Gasteiger partial charge in [0.05, 0.1) is 12.8 Å². The highest BCUT2D eigenvalue weighted by Gasteiger charge is 2.19. The van der Waals surface area contributed by atoms with E-state index < -0.39 is 0 Å². The zero-order valence-corrected chi connectivity index (χ0v) is 14.2. The average Bonchev–Trinajstić information content (AvgIpc) is 3.29. The van der Waals surface area contributed by atoms with Gasteiger partial charge in [0.2, 0.25) is 5.82 Å². The van der Waals surface area contributed by atoms with E-state index >= 15 is 0 Å². The number of hydrogen-bond donors (Lipinski definition) is 1. The van der Waals surface area contributed by atoms with E-state index in [4.69, 9.17) is 15.0 Å². The minimum atomic E-state index is 0.215. The fraction of sp³-hybridized carbons (Fsp3) is 0.111. The Morgan fingerprint density at radius 2 is 1.77 bits per heavy atom. The molecule has 0 aliphatic heterocycles. The molecule has 0 radical (unpaired) electrons. The third-order valence-corrected chi connectivity index (χ3v) is 3.96. The summed E-state index contributed by atoms with van der Waals surface area (Å²) in [4.78, 5) is 4.37. The van der Waals surface area contributed by atoms with Gasteiger partial charge in [-0.25, -0.2) is 0 Å². The van der Waals surface area contributed by atoms with Gasteiger partial charge < -0.3 is 15.0 Å². The van der Waals surface area contributed by atoms with Crippen molar-refractivity contribution in [3.05, 3.63) is 54.1 Å². The fourth-order valence-corrected chi connectivity index (χ4v) is 2.50. The van der Waals surface area contributed by atoms with Crippen LogP contribution in [-0.2, 0) is 0 Å². The Kier molecular flexibility index (Phi) is 3.85. The van der Waals surface area contributed by atoms with E-state index in [9.17, 15) is 0 Å². The molecular weight excluding hydrogens is 332 g/mol. The molecule has 0 unspecified atom stereocenters. The van der Waals surface area contributed by atoms with Crippen molar-refractivity contribution in [2.75, 3.05) is 12.8 Å². The first-order valence-corrected chi connectivity index (χ1v) is 7.92. The van der Waals surface area contributed by atoms with Crippen molar-refractivity contribution in [3.8, 4) is 34.4 Å². The Labute approximate surface area is 149 Å². The SMILES string of the molecule is COc1ccc(-c2noc(-c3nnn(-c4ccc(C)cc4)c3N)n2)cc1. The van der Waals surface area contributed by atoms with E-state index in [2.05, 4.69) is 20.5 Å². The zero-order valence-electron chi connectivity index (χ0n) is 14.2. The maximum absolute atomic E-state index is 6.18. The first-order chi connectivity index (χ1) is 12.7. The lowest BCUT2D eigenvalue weighted by Gasteiger charge is -2.02. The van der Waals surface area contributed by atoms with E-state index in [1.807, 2.05) is 55.5 Å². The van der Waals surface area contributed by atoms with Crippen LogP contribution in [0, 0.1) is 6.92 Å². The van der Waals surface area contributed by atoms with Gasteiger partial charge in [-0.1, -0.05) is 28.1 Å². The summed E-state index contributed by atoms with van der Waals surface area (Å²) in [6, 6.07) is 15.1. The second-order valence-corrected chi connectivity index (χ2v) is 5.72. The third-order valence-electron chi connectivity index (χ3n) is 3.96. The van der Waals surface area contributed by atoms with Crippen molar-refractivity contribution in [1.29, 1.82) is 0 Å². The van der Waals surface area contributed by atoms with Crippen LogP contribution in [0.25, 0.3) is 28.7 Å². The molecule has 0 aliphatic rings. The lowest BCUT2D eigenvalue weighted by molar-refractivity contribution is 0.414. The van der Waals surface area contributed by atoms with Crippen LogP contribution in [0.3, 0.4) is 0 Å². The summed E-state index contributed by atoms with van der Waals surface area (Å²) in [7, 11) is 1.61. The summed E-state index contributed by atoms with van der Waals surface area (Å²) in [5.74, 6) is 1.74. The number of methoxy groups -OCH3 is 1. The van der Waals surface area contributed by atoms with Gasteiger partial charge in [-0.2, -0.15) is 9.67 Å². The summed E-state index contributed by atoms with van der Waals surface area (Å²) in [5, 5.41) is 12.2. The largest absolute Gasteiger partial charge is 0.497 e. The van der Waals surface area contributed by atoms with Crippen molar-refractivity contribution in [2.24, 2.45) is 0 Å². The number of nitrogens with two attached hydrogens (primary N) is 1. The number of anilines is 1. The van der Waals surface area contributed by atoms with E-state index in [1.165, 1.54) is 4.68 Å². The lowest BCUT2D eigenvalue weighted by atomic mass is 10.2. The molecular formula is C18H16N6O2. The van der Waals surface area contributed by atoms with Crippen molar-refractivity contribution in [3.63, 3.8) is 0 Å². The van der Waals surface area contributed by atoms with Crippen LogP contribution in [0.5, 0.6) is 5.75 Å². The number of rotatable bonds is 4. The van der Waals surface area contributed by atoms with Gasteiger partial charge in [-0.3, -0.25) is 0 Å². The van der Waals surface area contributed by atoms with Crippen LogP contribution in [0.1, 0.15) is 5.56 Å². The quantitative estimate of drug-likeness (QED) is 0.604. The molecule has 4 rings (SSSR count). The van der Waals surface area contributed by atoms with Gasteiger partial charge >= 0.3 is 0 Å². The topological polar surface area (TPSA) is 105 Å². The monoisotopic (exact) mass is 348 g/mol. The van der Waals surface area contributed by atoms with Crippen LogP contribution in [-0.4, -0.2) is 32.2 Å². The second kappa shape index (κ2) is 6.32. The van der Waals surface area contributed by atoms with Gasteiger partial charge in [0, 0.05) is 5.56 Å². The smallest absolute Gasteiger partial charge is 0.282 e. The molecule has 0 amide bonds. The Morgan fingerprint density at radius 3 is 2.46 bits per heavy atom. The van der Waals surface area contributed by atoms with Gasteiger partial charge in [-0.15, -0.1) is 5.10 Å². The maximum atomic E-state index is 6.18. The lowest BCUT2D eigenvalue weighted by Crippen LogP contribution is -2.02. The number of aryl methyl sites for hydroxylation is 1. The standard InChI is InChI=1S/C18H16N6O2/c1-11-3-7-13(8-4-11)24-16(19)15(21-23-24)18-20-17(22-26-18)12-5-9-14(25-2)10-6-12/h3-10H,19H2,1-2H3. The predicted octanol–water partition coefficient (Wildman–Crippen LogP) is 2.88. The molecule has 0 atom stereocenters. The van der Waals surface area contributed by atoms with E-state index in [1.54, 1.807) is 7.11 Å². The summed E-state index contributed by atoms with van der Waals surface area (Å²) in [6.45, 7) is 2.01. The summed E-state index contributed by atoms with van der Waals surface area (Å²) < 4.78 is 12.0. The van der Waals surface area contributed by atoms with Crippen molar-refractivity contribution in [2.45, 2.75) is 6.92 Å². The number of ether oxygens (including phenoxy) is 1. The van der Waals surface area contributed by atoms with Gasteiger partial charge in [0.1, 0.15) is 5.75 Å². The molecule has 2 aromatic heterocycles. The Balaban J connectivity index is 1.66. The molecule has 8 nitrogen and oxygen atoms in total. The number of nitrogens with zero attached hydrogens (tertiary/aromatic N) is 5. The van der Waals surface area contributed by atoms with Crippen molar-refractivity contribution >= 4 is 5.82 Å². The molecule has 0 bridgehead atoms. The molecule has 2 heterocycles. The van der Waals surface area contributed by atoms with E-state index in [-0.39, 0.29) is 5.89 Å². The first kappa shape index (κ1) is 15.8. The van der Waals surface area contributed by atoms with Crippen LogP contribution >= 0.6 is 0 Å². The van der Waals surface area contributed by atoms with Crippen molar-refractivity contribution < 1.29 is 9.26 Å². The Morgan fingerprint density at radius 1 is 1.04 bits per heavy atom. The molecule has 130 valence electrons. The summed E-state index contributed by atoms with van der Waals surface area (Å²) in [6.07, 6.45) is 0. The van der Waals surface area contributed by atoms with Gasteiger partial charge in [0.15, 0.2) is 11.5 Å². The third kappa shape index (κ3) is 2.77. The Bertz CT molecular complexity index is 1030. The Hall–Kier alpha value is -3.68. The number of benzene rings is 2. The van der Waals surface area contributed by atoms with Crippen LogP contribution in [0.2, 0.25) is 0 Å². The highest BCUT2D eigenvalue weighted by Crippen LogP contribution is 2.27. The molecule has 0 spiro atoms. The molecule has 26 heavy (non-hydrogen) atoms. The van der Waals surface area contributed by atoms with Gasteiger partial charge in [-0.05, 0) is 43.3 Å². The minimum absolute atomic E-state index is 0.215. The molecule has 0 saturated heterocycles. The zero-order chi connectivity index (χ0) is 18.1. The average molecular weight is 348 g/mol. The number of hydrogen-bond acceptors (Lipinski definition) is 7. The molecule has 0 fully saturated rings. The first-order valence-electron chi connectivity index (χ1n) is 7.92. The fourth-order valence-electron chi connectivity index (χ4n) is 2.50. The molecule has 4 aromatic rings. The molecule has 2 aromatic carbocycles. The number of aromatic nitrogens is 5. The minimum Gasteiger partial charge on any atom is -0.497 e.